The van der Waals surface area contributed by atoms with Crippen molar-refractivity contribution in [3.05, 3.63) is 11.2 Å². The van der Waals surface area contributed by atoms with Crippen molar-refractivity contribution in [2.75, 3.05) is 37.3 Å². The van der Waals surface area contributed by atoms with E-state index >= 15 is 0 Å². The fourth-order valence-corrected chi connectivity index (χ4v) is 2.38. The van der Waals surface area contributed by atoms with Gasteiger partial charge < -0.3 is 10.6 Å². The van der Waals surface area contributed by atoms with Crippen molar-refractivity contribution in [1.82, 2.24) is 14.9 Å². The molecular weight excluding hydrogens is 238 g/mol. The number of halogens is 1. The van der Waals surface area contributed by atoms with Gasteiger partial charge in [0.05, 0.1) is 6.20 Å². The molecule has 0 saturated carbocycles. The Hall–Kier alpha value is -1.07. The molecule has 0 spiro atoms. The predicted octanol–water partition coefficient (Wildman–Crippen LogP) is 1.24. The molecule has 1 aromatic rings. The van der Waals surface area contributed by atoms with Crippen LogP contribution in [0.25, 0.3) is 0 Å². The highest BCUT2D eigenvalue weighted by atomic mass is 35.5. The van der Waals surface area contributed by atoms with Crippen LogP contribution < -0.4 is 10.6 Å². The second-order valence-electron chi connectivity index (χ2n) is 4.39. The Morgan fingerprint density at radius 2 is 2.29 bits per heavy atom. The number of hydrogen-bond donors (Lipinski definition) is 1. The van der Waals surface area contributed by atoms with Gasteiger partial charge in [0.1, 0.15) is 5.02 Å². The maximum atomic E-state index is 6.12. The first kappa shape index (κ1) is 12.4. The third-order valence-corrected chi connectivity index (χ3v) is 3.56. The normalized spacial score (nSPS) is 21.8. The smallest absolute Gasteiger partial charge is 0.222 e. The van der Waals surface area contributed by atoms with E-state index in [1.807, 2.05) is 0 Å². The minimum Gasteiger partial charge on any atom is -0.368 e. The summed E-state index contributed by atoms with van der Waals surface area (Å²) in [5.41, 5.74) is 5.61. The van der Waals surface area contributed by atoms with Gasteiger partial charge in [0.25, 0.3) is 0 Å². The number of nitrogens with zero attached hydrogens (tertiary/aromatic N) is 4. The molecule has 5 nitrogen and oxygen atoms in total. The van der Waals surface area contributed by atoms with Gasteiger partial charge in [-0.1, -0.05) is 18.5 Å². The number of piperazine rings is 1. The molecule has 94 valence electrons. The van der Waals surface area contributed by atoms with E-state index in [-0.39, 0.29) is 5.95 Å². The van der Waals surface area contributed by atoms with E-state index in [0.29, 0.717) is 11.1 Å². The van der Waals surface area contributed by atoms with Crippen molar-refractivity contribution in [2.24, 2.45) is 0 Å². The summed E-state index contributed by atoms with van der Waals surface area (Å²) in [4.78, 5) is 12.7. The molecule has 0 radical (unpaired) electrons. The van der Waals surface area contributed by atoms with E-state index in [0.717, 1.165) is 31.9 Å². The second-order valence-corrected chi connectivity index (χ2v) is 4.80. The highest BCUT2D eigenvalue weighted by Gasteiger charge is 2.25. The summed E-state index contributed by atoms with van der Waals surface area (Å²) in [7, 11) is 2.15. The van der Waals surface area contributed by atoms with Gasteiger partial charge in [-0.05, 0) is 13.5 Å². The quantitative estimate of drug-likeness (QED) is 0.862. The summed E-state index contributed by atoms with van der Waals surface area (Å²) < 4.78 is 0. The Kier molecular flexibility index (Phi) is 3.69. The molecule has 0 bridgehead atoms. The first-order valence-corrected chi connectivity index (χ1v) is 6.22. The Balaban J connectivity index is 2.20. The molecule has 0 amide bonds. The first-order valence-electron chi connectivity index (χ1n) is 5.85. The fourth-order valence-electron chi connectivity index (χ4n) is 2.17. The zero-order chi connectivity index (χ0) is 12.4. The maximum absolute atomic E-state index is 6.12. The predicted molar refractivity (Wildman–Crippen MR) is 70.4 cm³/mol. The Labute approximate surface area is 107 Å². The summed E-state index contributed by atoms with van der Waals surface area (Å²) in [5, 5.41) is 0.568. The van der Waals surface area contributed by atoms with Gasteiger partial charge in [-0.25, -0.2) is 4.98 Å². The van der Waals surface area contributed by atoms with Gasteiger partial charge in [-0.2, -0.15) is 4.98 Å². The van der Waals surface area contributed by atoms with Crippen LogP contribution in [0.4, 0.5) is 11.8 Å². The highest BCUT2D eigenvalue weighted by Crippen LogP contribution is 2.25. The van der Waals surface area contributed by atoms with Crippen LogP contribution in [-0.2, 0) is 0 Å². The molecule has 1 aromatic heterocycles. The van der Waals surface area contributed by atoms with Crippen LogP contribution in [0.5, 0.6) is 0 Å². The van der Waals surface area contributed by atoms with Crippen molar-refractivity contribution in [3.8, 4) is 0 Å². The highest BCUT2D eigenvalue weighted by molar-refractivity contribution is 6.32. The monoisotopic (exact) mass is 255 g/mol. The number of rotatable bonds is 2. The minimum atomic E-state index is 0.274. The van der Waals surface area contributed by atoms with Gasteiger partial charge in [0.2, 0.25) is 5.95 Å². The minimum absolute atomic E-state index is 0.274. The number of anilines is 2. The van der Waals surface area contributed by atoms with Crippen molar-refractivity contribution in [3.63, 3.8) is 0 Å². The van der Waals surface area contributed by atoms with Crippen molar-refractivity contribution < 1.29 is 0 Å². The van der Waals surface area contributed by atoms with Crippen LogP contribution >= 0.6 is 11.6 Å². The van der Waals surface area contributed by atoms with Crippen LogP contribution in [0.3, 0.4) is 0 Å². The molecule has 1 unspecified atom stereocenters. The molecule has 2 heterocycles. The number of nitrogen functional groups attached to an aromatic ring is 1. The van der Waals surface area contributed by atoms with Crippen LogP contribution in [0.2, 0.25) is 5.02 Å². The number of nitrogens with two attached hydrogens (primary N) is 1. The average molecular weight is 256 g/mol. The van der Waals surface area contributed by atoms with Crippen LogP contribution in [0.15, 0.2) is 6.20 Å². The third kappa shape index (κ3) is 2.61. The molecule has 1 atom stereocenters. The fraction of sp³-hybridized carbons (Fsp3) is 0.636. The zero-order valence-electron chi connectivity index (χ0n) is 10.2. The van der Waals surface area contributed by atoms with E-state index in [1.165, 1.54) is 0 Å². The summed E-state index contributed by atoms with van der Waals surface area (Å²) in [6.45, 7) is 5.06. The Bertz CT molecular complexity index is 397. The number of likely N-dealkylation sites (N-methyl/N-ethyl adjacent to an activating group) is 1. The summed E-state index contributed by atoms with van der Waals surface area (Å²) in [6, 6.07) is 0.538. The molecule has 6 heteroatoms. The molecule has 0 aromatic carbocycles. The molecule has 1 saturated heterocycles. The number of aromatic nitrogens is 2. The average Bonchev–Trinajstić information content (AvgIpc) is 2.33. The van der Waals surface area contributed by atoms with E-state index in [4.69, 9.17) is 17.3 Å². The maximum Gasteiger partial charge on any atom is 0.222 e. The molecule has 2 rings (SSSR count). The van der Waals surface area contributed by atoms with Gasteiger partial charge in [0, 0.05) is 25.7 Å². The lowest BCUT2D eigenvalue weighted by molar-refractivity contribution is 0.213. The molecule has 2 N–H and O–H groups in total. The lowest BCUT2D eigenvalue weighted by Gasteiger charge is -2.39. The summed E-state index contributed by atoms with van der Waals surface area (Å²) >= 11 is 6.12. The number of hydrogen-bond acceptors (Lipinski definition) is 5. The van der Waals surface area contributed by atoms with E-state index in [9.17, 15) is 0 Å². The van der Waals surface area contributed by atoms with E-state index in [1.54, 1.807) is 6.20 Å². The lowest BCUT2D eigenvalue weighted by atomic mass is 10.1. The lowest BCUT2D eigenvalue weighted by Crippen LogP contribution is -2.51. The molecule has 1 aliphatic heterocycles. The van der Waals surface area contributed by atoms with E-state index < -0.39 is 0 Å². The molecule has 17 heavy (non-hydrogen) atoms. The van der Waals surface area contributed by atoms with Gasteiger partial charge in [0.15, 0.2) is 5.82 Å². The van der Waals surface area contributed by atoms with Gasteiger partial charge >= 0.3 is 0 Å². The topological polar surface area (TPSA) is 58.3 Å². The van der Waals surface area contributed by atoms with Crippen molar-refractivity contribution in [1.29, 1.82) is 0 Å². The van der Waals surface area contributed by atoms with Gasteiger partial charge in [-0.3, -0.25) is 4.90 Å². The van der Waals surface area contributed by atoms with Crippen LogP contribution in [-0.4, -0.2) is 47.6 Å². The zero-order valence-corrected chi connectivity index (χ0v) is 11.0. The van der Waals surface area contributed by atoms with E-state index in [2.05, 4.69) is 33.7 Å². The van der Waals surface area contributed by atoms with Crippen molar-refractivity contribution in [2.45, 2.75) is 19.4 Å². The Morgan fingerprint density at radius 1 is 1.53 bits per heavy atom. The van der Waals surface area contributed by atoms with Crippen molar-refractivity contribution >= 4 is 23.4 Å². The molecule has 1 fully saturated rings. The summed E-state index contributed by atoms with van der Waals surface area (Å²) in [5.74, 6) is 1.03. The standard InChI is InChI=1S/C11H18ClN5/c1-3-8-7-17(5-4-16(8)2)10-9(12)6-14-11(13)15-10/h6,8H,3-5,7H2,1-2H3,(H2,13,14,15). The summed E-state index contributed by atoms with van der Waals surface area (Å²) in [6.07, 6.45) is 2.68. The molecule has 0 aliphatic carbocycles. The SMILES string of the molecule is CCC1CN(c2nc(N)ncc2Cl)CCN1C. The third-order valence-electron chi connectivity index (χ3n) is 3.29. The van der Waals surface area contributed by atoms with Gasteiger partial charge in [-0.15, -0.1) is 0 Å². The second kappa shape index (κ2) is 5.06. The largest absolute Gasteiger partial charge is 0.368 e. The molecule has 1 aliphatic rings. The first-order chi connectivity index (χ1) is 8.11. The Morgan fingerprint density at radius 3 is 3.00 bits per heavy atom. The molecular formula is C11H18ClN5. The van der Waals surface area contributed by atoms with Crippen LogP contribution in [0, 0.1) is 0 Å². The van der Waals surface area contributed by atoms with Crippen LogP contribution in [0.1, 0.15) is 13.3 Å².